The summed E-state index contributed by atoms with van der Waals surface area (Å²) in [5.74, 6) is 4.22. The molecule has 17 atom stereocenters. The van der Waals surface area contributed by atoms with Gasteiger partial charge >= 0.3 is 0 Å². The number of nitrogens with zero attached hydrogens (tertiary/aromatic N) is 8. The zero-order chi connectivity index (χ0) is 98.6. The molecule has 133 heavy (non-hydrogen) atoms. The molecule has 22 nitrogen and oxygen atoms in total. The van der Waals surface area contributed by atoms with E-state index in [-0.39, 0.29) is 79.2 Å². The van der Waals surface area contributed by atoms with Crippen molar-refractivity contribution in [3.8, 4) is 11.5 Å². The predicted molar refractivity (Wildman–Crippen MR) is 549 cm³/mol. The van der Waals surface area contributed by atoms with Gasteiger partial charge in [-0.25, -0.2) is 0 Å². The highest BCUT2D eigenvalue weighted by Gasteiger charge is 2.42. The first-order chi connectivity index (χ1) is 63.3. The number of aromatic hydroxyl groups is 2. The number of ketones is 1. The molecular weight excluding hydrogens is 1670 g/mol. The number of β-amino-alcohol motifs (C(OH)–C–C–N with tert-alkyl or cyclic N) is 3. The lowest BCUT2D eigenvalue weighted by molar-refractivity contribution is -0.126. The van der Waals surface area contributed by atoms with Crippen molar-refractivity contribution in [3.05, 3.63) is 219 Å². The molecule has 6 aromatic rings. The van der Waals surface area contributed by atoms with E-state index >= 15 is 0 Å². The molecule has 6 aromatic carbocycles. The maximum Gasteiger partial charge on any atom is 0.138 e. The molecule has 15 rings (SSSR count). The number of piperidine rings is 7. The van der Waals surface area contributed by atoms with E-state index in [0.717, 1.165) is 172 Å². The van der Waals surface area contributed by atoms with Crippen molar-refractivity contribution in [1.82, 2.24) is 44.5 Å². The van der Waals surface area contributed by atoms with Crippen LogP contribution in [0.3, 0.4) is 0 Å². The maximum atomic E-state index is 11.1. The Morgan fingerprint density at radius 2 is 0.759 bits per heavy atom. The molecule has 7 fully saturated rings. The highest BCUT2D eigenvalue weighted by atomic mass is 16.3. The molecule has 0 amide bonds. The maximum absolute atomic E-state index is 11.1. The summed E-state index contributed by atoms with van der Waals surface area (Å²) in [6.07, 6.45) is 11.8. The summed E-state index contributed by atoms with van der Waals surface area (Å²) in [5, 5.41) is 118. The lowest BCUT2D eigenvalue weighted by Gasteiger charge is -2.43. The summed E-state index contributed by atoms with van der Waals surface area (Å²) in [6.45, 7) is 44.3. The Labute approximate surface area is 803 Å². The third-order valence-electron chi connectivity index (χ3n) is 27.9. The van der Waals surface area contributed by atoms with Gasteiger partial charge in [0.25, 0.3) is 0 Å². The van der Waals surface area contributed by atoms with Crippen LogP contribution in [0.2, 0.25) is 0 Å². The monoisotopic (exact) mass is 1850 g/mol. The Morgan fingerprint density at radius 1 is 0.368 bits per heavy atom. The van der Waals surface area contributed by atoms with Crippen LogP contribution >= 0.6 is 0 Å². The van der Waals surface area contributed by atoms with Gasteiger partial charge in [-0.2, -0.15) is 0 Å². The van der Waals surface area contributed by atoms with Crippen molar-refractivity contribution >= 4 is 11.4 Å². The first kappa shape index (κ1) is 117. The molecule has 22 heteroatoms. The number of likely N-dealkylation sites (N-methyl/N-ethyl adjacent to an activating group) is 4. The Bertz CT molecular complexity index is 4060. The molecular formula is C111H181N9O13. The summed E-state index contributed by atoms with van der Waals surface area (Å²) in [7, 11) is 16.6. The lowest BCUT2D eigenvalue weighted by Crippen LogP contribution is -2.48. The SMILES string of the molecule is CC1=C(O)CCN(C)C1.CCC.CCC1CN(C)CC=C1c1ccc(C)cc1.CCC1CN(C)CCC1(O)c1ccc(C)cc1.CCC1CN(C)CCC1=O.CCC1CN(C)CCC1O.CC[C@@H]1CN(C)C[C@H](O)[C@H]1c1ccc(C)cc1.CN1CCC(O)C(CO)C1.CN1C[C@@H](CO)[C@H](c2ccc(O)cc2)[C@@H](O)C1.Cc1ccc(C)cc1.OC[C@@H]1CNC[C@H](O)[C@H]1c1ccc(O)cc1. The van der Waals surface area contributed by atoms with Gasteiger partial charge in [-0.05, 0) is 224 Å². The fourth-order valence-electron chi connectivity index (χ4n) is 19.5. The van der Waals surface area contributed by atoms with E-state index in [1.54, 1.807) is 42.0 Å². The van der Waals surface area contributed by atoms with Gasteiger partial charge in [0.2, 0.25) is 0 Å². The van der Waals surface area contributed by atoms with Crippen LogP contribution < -0.4 is 5.32 Å². The van der Waals surface area contributed by atoms with Crippen molar-refractivity contribution < 1.29 is 66.1 Å². The van der Waals surface area contributed by atoms with Crippen LogP contribution in [-0.2, 0) is 10.4 Å². The number of hydrogen-bond acceptors (Lipinski definition) is 22. The number of Topliss-reactive ketones (excluding diaryl/α,β-unsaturated/α-hetero) is 1. The van der Waals surface area contributed by atoms with Crippen LogP contribution in [0.15, 0.2) is 163 Å². The van der Waals surface area contributed by atoms with Crippen LogP contribution in [0.4, 0.5) is 0 Å². The highest BCUT2D eigenvalue weighted by molar-refractivity contribution is 5.82. The van der Waals surface area contributed by atoms with Crippen LogP contribution in [-0.4, -0.2) is 331 Å². The zero-order valence-corrected chi connectivity index (χ0v) is 85.7. The number of carbonyl (C=O) groups excluding carboxylic acids is 1. The molecule has 9 aliphatic heterocycles. The van der Waals surface area contributed by atoms with E-state index in [4.69, 9.17) is 10.2 Å². The molecule has 748 valence electrons. The fourth-order valence-corrected chi connectivity index (χ4v) is 19.5. The van der Waals surface area contributed by atoms with Crippen LogP contribution in [0.1, 0.15) is 199 Å². The number of rotatable bonds is 13. The Hall–Kier alpha value is -6.85. The van der Waals surface area contributed by atoms with Gasteiger partial charge in [0.1, 0.15) is 17.3 Å². The largest absolute Gasteiger partial charge is 0.512 e. The van der Waals surface area contributed by atoms with Crippen molar-refractivity contribution in [2.75, 3.05) is 194 Å². The van der Waals surface area contributed by atoms with Crippen molar-refractivity contribution in [3.63, 3.8) is 0 Å². The average Bonchev–Trinajstić information content (AvgIpc) is 0.552. The topological polar surface area (TPSA) is 298 Å². The van der Waals surface area contributed by atoms with Gasteiger partial charge in [0.15, 0.2) is 0 Å². The molecule has 8 unspecified atom stereocenters. The normalized spacial score (nSPS) is 27.8. The number of aryl methyl sites for hydroxylation is 5. The molecule has 0 spiro atoms. The molecule has 9 heterocycles. The molecule has 0 bridgehead atoms. The molecule has 0 aromatic heterocycles. The van der Waals surface area contributed by atoms with Crippen molar-refractivity contribution in [1.29, 1.82) is 0 Å². The highest BCUT2D eigenvalue weighted by Crippen LogP contribution is 2.41. The summed E-state index contributed by atoms with van der Waals surface area (Å²) in [4.78, 5) is 29.0. The number of phenolic OH excluding ortho intramolecular Hbond substituents is 2. The third kappa shape index (κ3) is 39.9. The van der Waals surface area contributed by atoms with Crippen LogP contribution in [0.25, 0.3) is 5.57 Å². The standard InChI is InChI=1S/2C15H23NO.C15H21N.C13H19NO3.C12H17NO3.C8H17NO.C8H15NO.C8H10.C7H15NO2.C7H13NO.C3H8/c1-4-12-9-16(3)10-14(17)15(12)13-7-5-11(2)6-8-13;1-4-13-11-16(3)10-9-15(13,17)14-7-5-12(2)6-8-14;1-4-13-11-16(3)10-9-15(13)14-7-5-12(2)6-8-14;1-14-6-10(8-15)13(12(17)7-14)9-2-4-11(16)5-3-9;14-7-9-5-13-6-11(16)12(9)8-1-3-10(15)4-2-8;2*1-3-7-6-9(2)5-4-8(7)10;1-7-3-5-8(2)6-4-7;1-8-3-2-7(10)6(4-8)5-9;1-6-5-8(2)4-3-7(6)9;1-3-2/h5-8,12,14-15,17H,4,9-10H2,1-3H3;5-8,13,17H,4,9-11H2,1-3H3;5-9,13H,4,10-11H2,1-3H3;2-5,10,12-13,15-17H,6-8H2,1H3;1-4,9,11-16H,5-7H2;7-8,10H,3-6H2,1-2H3;7H,3-6H2,1-2H3;3-6H,1-2H3;6-7,9-10H,2-5H2,1H3;9H,3-5H2,1-2H3;3H2,1-2H3/t12-,14+,15-;;;10-,12-,13-;9-,11-,12-;;;;;;/m1..00....../s1. The number of carbonyl (C=O) groups is 1. The molecule has 7 saturated heterocycles. The summed E-state index contributed by atoms with van der Waals surface area (Å²) in [6, 6.07) is 48.1. The van der Waals surface area contributed by atoms with E-state index in [2.05, 4.69) is 268 Å². The smallest absolute Gasteiger partial charge is 0.138 e. The summed E-state index contributed by atoms with van der Waals surface area (Å²) >= 11 is 0. The first-order valence-electron chi connectivity index (χ1n) is 49.9. The van der Waals surface area contributed by atoms with Gasteiger partial charge in [0.05, 0.1) is 41.9 Å². The third-order valence-corrected chi connectivity index (χ3v) is 27.9. The Kier molecular flexibility index (Phi) is 53.9. The minimum atomic E-state index is -0.630. The van der Waals surface area contributed by atoms with Gasteiger partial charge in [0, 0.05) is 198 Å². The number of likely N-dealkylation sites (tertiary alicyclic amines) is 6. The van der Waals surface area contributed by atoms with Gasteiger partial charge < -0.3 is 106 Å². The van der Waals surface area contributed by atoms with E-state index in [0.29, 0.717) is 66.7 Å². The Morgan fingerprint density at radius 3 is 1.19 bits per heavy atom. The molecule has 0 radical (unpaired) electrons. The molecule has 0 saturated carbocycles. The number of benzene rings is 6. The molecule has 0 aliphatic carbocycles. The fraction of sp³-hybridized carbons (Fsp3) is 0.631. The average molecular weight is 1850 g/mol. The molecule has 13 N–H and O–H groups in total. The van der Waals surface area contributed by atoms with Gasteiger partial charge in [-0.3, -0.25) is 4.79 Å². The Balaban J connectivity index is 0.000000263. The number of hydrogen-bond donors (Lipinski definition) is 13. The van der Waals surface area contributed by atoms with Gasteiger partial charge in [-0.15, -0.1) is 0 Å². The van der Waals surface area contributed by atoms with E-state index in [9.17, 15) is 55.9 Å². The lowest BCUT2D eigenvalue weighted by atomic mass is 9.75. The second-order valence-corrected chi connectivity index (χ2v) is 39.8. The minimum absolute atomic E-state index is 0.0216. The number of nitrogens with one attached hydrogen (secondary N) is 1. The van der Waals surface area contributed by atoms with E-state index in [1.165, 1.54) is 58.3 Å². The number of aliphatic hydroxyl groups is 10. The number of phenols is 2. The molecule has 9 aliphatic rings. The summed E-state index contributed by atoms with van der Waals surface area (Å²) in [5.41, 5.74) is 14.3. The first-order valence-corrected chi connectivity index (χ1v) is 49.9. The van der Waals surface area contributed by atoms with Crippen molar-refractivity contribution in [2.45, 2.75) is 215 Å². The van der Waals surface area contributed by atoms with Crippen LogP contribution in [0.5, 0.6) is 11.5 Å². The predicted octanol–water partition coefficient (Wildman–Crippen LogP) is 14.5. The van der Waals surface area contributed by atoms with Gasteiger partial charge in [-0.1, -0.05) is 217 Å². The van der Waals surface area contributed by atoms with Crippen molar-refractivity contribution in [2.24, 2.45) is 47.3 Å². The van der Waals surface area contributed by atoms with E-state index in [1.807, 2.05) is 38.1 Å². The number of aliphatic hydroxyl groups excluding tert-OH is 9. The zero-order valence-electron chi connectivity index (χ0n) is 85.7. The summed E-state index contributed by atoms with van der Waals surface area (Å²) < 4.78 is 0. The van der Waals surface area contributed by atoms with Crippen LogP contribution in [0, 0.1) is 82.0 Å². The minimum Gasteiger partial charge on any atom is -0.512 e. The van der Waals surface area contributed by atoms with E-state index < -0.39 is 17.8 Å². The second-order valence-electron chi connectivity index (χ2n) is 39.8. The quantitative estimate of drug-likeness (QED) is 0.0511. The second kappa shape index (κ2) is 61.5.